The maximum Gasteiger partial charge on any atom is 0.230 e. The minimum absolute atomic E-state index is 0.123. The molecule has 1 aromatic heterocycles. The fourth-order valence-corrected chi connectivity index (χ4v) is 3.84. The van der Waals surface area contributed by atoms with E-state index in [9.17, 15) is 9.59 Å². The maximum atomic E-state index is 12.4. The van der Waals surface area contributed by atoms with Gasteiger partial charge in [-0.15, -0.1) is 11.3 Å². The van der Waals surface area contributed by atoms with Crippen LogP contribution in [0, 0.1) is 20.8 Å². The number of nitrogens with zero attached hydrogens (tertiary/aromatic N) is 1. The van der Waals surface area contributed by atoms with E-state index in [1.807, 2.05) is 63.2 Å². The first-order chi connectivity index (χ1) is 13.4. The van der Waals surface area contributed by atoms with Gasteiger partial charge in [0.1, 0.15) is 0 Å². The molecule has 2 N–H and O–H groups in total. The molecule has 0 saturated carbocycles. The molecule has 0 atom stereocenters. The highest BCUT2D eigenvalue weighted by molar-refractivity contribution is 7.13. The molecule has 3 aromatic rings. The fraction of sp³-hybridized carbons (Fsp3) is 0.227. The predicted molar refractivity (Wildman–Crippen MR) is 114 cm³/mol. The molecule has 6 heteroatoms. The molecule has 5 nitrogen and oxygen atoms in total. The van der Waals surface area contributed by atoms with Crippen LogP contribution < -0.4 is 10.6 Å². The lowest BCUT2D eigenvalue weighted by Gasteiger charge is -2.12. The van der Waals surface area contributed by atoms with Gasteiger partial charge in [0.15, 0.2) is 5.13 Å². The lowest BCUT2D eigenvalue weighted by Crippen LogP contribution is -2.17. The van der Waals surface area contributed by atoms with Gasteiger partial charge in [-0.05, 0) is 37.5 Å². The fourth-order valence-electron chi connectivity index (χ4n) is 3.12. The highest BCUT2D eigenvalue weighted by Crippen LogP contribution is 2.22. The van der Waals surface area contributed by atoms with Crippen LogP contribution in [0.1, 0.15) is 27.9 Å². The van der Waals surface area contributed by atoms with Gasteiger partial charge in [0.2, 0.25) is 11.8 Å². The molecule has 2 aromatic carbocycles. The highest BCUT2D eigenvalue weighted by Gasteiger charge is 2.12. The Bertz CT molecular complexity index is 973. The van der Waals surface area contributed by atoms with Gasteiger partial charge in [-0.3, -0.25) is 9.59 Å². The quantitative estimate of drug-likeness (QED) is 0.651. The molecule has 0 unspecified atom stereocenters. The highest BCUT2D eigenvalue weighted by atomic mass is 32.1. The van der Waals surface area contributed by atoms with Crippen molar-refractivity contribution in [3.05, 3.63) is 75.8 Å². The zero-order valence-electron chi connectivity index (χ0n) is 16.2. The number of rotatable bonds is 6. The number of aromatic nitrogens is 1. The van der Waals surface area contributed by atoms with Crippen molar-refractivity contribution in [2.45, 2.75) is 33.6 Å². The number of benzene rings is 2. The molecule has 0 aliphatic rings. The van der Waals surface area contributed by atoms with Crippen molar-refractivity contribution in [3.63, 3.8) is 0 Å². The van der Waals surface area contributed by atoms with Crippen molar-refractivity contribution in [2.24, 2.45) is 0 Å². The van der Waals surface area contributed by atoms with E-state index >= 15 is 0 Å². The van der Waals surface area contributed by atoms with Gasteiger partial charge in [0, 0.05) is 11.1 Å². The minimum atomic E-state index is -0.123. The Balaban J connectivity index is 1.57. The summed E-state index contributed by atoms with van der Waals surface area (Å²) >= 11 is 1.32. The number of hydrogen-bond donors (Lipinski definition) is 2. The summed E-state index contributed by atoms with van der Waals surface area (Å²) in [5.74, 6) is -0.245. The molecule has 1 heterocycles. The zero-order valence-corrected chi connectivity index (χ0v) is 17.0. The summed E-state index contributed by atoms with van der Waals surface area (Å²) in [6.07, 6.45) is 0.458. The second-order valence-electron chi connectivity index (χ2n) is 6.85. The van der Waals surface area contributed by atoms with Crippen molar-refractivity contribution < 1.29 is 9.59 Å². The van der Waals surface area contributed by atoms with Crippen molar-refractivity contribution in [2.75, 3.05) is 10.6 Å². The predicted octanol–water partition coefficient (Wildman–Crippen LogP) is 4.43. The van der Waals surface area contributed by atoms with E-state index in [0.717, 1.165) is 22.4 Å². The van der Waals surface area contributed by atoms with Crippen LogP contribution in [-0.2, 0) is 22.4 Å². The van der Waals surface area contributed by atoms with E-state index in [1.165, 1.54) is 16.9 Å². The first-order valence-electron chi connectivity index (χ1n) is 9.06. The topological polar surface area (TPSA) is 71.1 Å². The number of hydrogen-bond acceptors (Lipinski definition) is 4. The molecule has 2 amide bonds. The minimum Gasteiger partial charge on any atom is -0.325 e. The van der Waals surface area contributed by atoms with Crippen molar-refractivity contribution >= 4 is 34.0 Å². The second-order valence-corrected chi connectivity index (χ2v) is 7.71. The Morgan fingerprint density at radius 3 is 2.25 bits per heavy atom. The Kier molecular flexibility index (Phi) is 6.21. The molecular weight excluding hydrogens is 370 g/mol. The standard InChI is InChI=1S/C22H23N3O2S/c1-14-9-15(2)21(16(3)10-14)24-20(27)12-18-13-28-22(23-18)25-19(26)11-17-7-5-4-6-8-17/h4-10,13H,11-12H2,1-3H3,(H,24,27)(H,23,25,26). The number of anilines is 2. The number of nitrogens with one attached hydrogen (secondary N) is 2. The van der Waals surface area contributed by atoms with Gasteiger partial charge in [-0.2, -0.15) is 0 Å². The Hall–Kier alpha value is -2.99. The smallest absolute Gasteiger partial charge is 0.230 e. The maximum absolute atomic E-state index is 12.4. The van der Waals surface area contributed by atoms with Gasteiger partial charge in [0.05, 0.1) is 18.5 Å². The summed E-state index contributed by atoms with van der Waals surface area (Å²) in [4.78, 5) is 28.9. The molecule has 0 fully saturated rings. The Morgan fingerprint density at radius 1 is 0.929 bits per heavy atom. The van der Waals surface area contributed by atoms with Crippen LogP contribution in [0.2, 0.25) is 0 Å². The Morgan fingerprint density at radius 2 is 1.57 bits per heavy atom. The molecular formula is C22H23N3O2S. The average Bonchev–Trinajstić information content (AvgIpc) is 3.05. The van der Waals surface area contributed by atoms with Gasteiger partial charge in [0.25, 0.3) is 0 Å². The lowest BCUT2D eigenvalue weighted by molar-refractivity contribution is -0.116. The lowest BCUT2D eigenvalue weighted by atomic mass is 10.0. The van der Waals surface area contributed by atoms with Crippen LogP contribution in [0.25, 0.3) is 0 Å². The number of amides is 2. The normalized spacial score (nSPS) is 10.5. The summed E-state index contributed by atoms with van der Waals surface area (Å²) in [6.45, 7) is 6.01. The van der Waals surface area contributed by atoms with Crippen LogP contribution in [-0.4, -0.2) is 16.8 Å². The number of carbonyl (C=O) groups is 2. The zero-order chi connectivity index (χ0) is 20.1. The molecule has 0 aliphatic heterocycles. The van der Waals surface area contributed by atoms with E-state index in [4.69, 9.17) is 0 Å². The van der Waals surface area contributed by atoms with Gasteiger partial charge in [-0.1, -0.05) is 48.0 Å². The number of carbonyl (C=O) groups excluding carboxylic acids is 2. The molecule has 0 aliphatic carbocycles. The molecule has 144 valence electrons. The SMILES string of the molecule is Cc1cc(C)c(NC(=O)Cc2csc(NC(=O)Cc3ccccc3)n2)c(C)c1. The van der Waals surface area contributed by atoms with Crippen molar-refractivity contribution in [3.8, 4) is 0 Å². The first kappa shape index (κ1) is 19.8. The van der Waals surface area contributed by atoms with Crippen LogP contribution in [0.3, 0.4) is 0 Å². The van der Waals surface area contributed by atoms with Gasteiger partial charge < -0.3 is 10.6 Å². The first-order valence-corrected chi connectivity index (χ1v) is 9.94. The van der Waals surface area contributed by atoms with E-state index in [-0.39, 0.29) is 18.2 Å². The van der Waals surface area contributed by atoms with E-state index in [0.29, 0.717) is 17.2 Å². The van der Waals surface area contributed by atoms with E-state index in [2.05, 4.69) is 15.6 Å². The third kappa shape index (κ3) is 5.27. The van der Waals surface area contributed by atoms with Gasteiger partial charge >= 0.3 is 0 Å². The third-order valence-electron chi connectivity index (χ3n) is 4.29. The summed E-state index contributed by atoms with van der Waals surface area (Å²) in [7, 11) is 0. The van der Waals surface area contributed by atoms with Gasteiger partial charge in [-0.25, -0.2) is 4.98 Å². The summed E-state index contributed by atoms with van der Waals surface area (Å²) in [5.41, 5.74) is 5.68. The molecule has 0 spiro atoms. The second kappa shape index (κ2) is 8.80. The summed E-state index contributed by atoms with van der Waals surface area (Å²) < 4.78 is 0. The molecule has 28 heavy (non-hydrogen) atoms. The third-order valence-corrected chi connectivity index (χ3v) is 5.10. The van der Waals surface area contributed by atoms with Crippen LogP contribution in [0.5, 0.6) is 0 Å². The molecule has 0 saturated heterocycles. The monoisotopic (exact) mass is 393 g/mol. The van der Waals surface area contributed by atoms with Crippen LogP contribution >= 0.6 is 11.3 Å². The molecule has 0 bridgehead atoms. The van der Waals surface area contributed by atoms with Crippen LogP contribution in [0.15, 0.2) is 47.8 Å². The largest absolute Gasteiger partial charge is 0.325 e. The molecule has 0 radical (unpaired) electrons. The summed E-state index contributed by atoms with van der Waals surface area (Å²) in [5, 5.41) is 8.07. The van der Waals surface area contributed by atoms with E-state index in [1.54, 1.807) is 5.38 Å². The number of aryl methyl sites for hydroxylation is 3. The molecule has 3 rings (SSSR count). The average molecular weight is 394 g/mol. The van der Waals surface area contributed by atoms with Crippen molar-refractivity contribution in [1.29, 1.82) is 0 Å². The van der Waals surface area contributed by atoms with Crippen LogP contribution in [0.4, 0.5) is 10.8 Å². The summed E-state index contributed by atoms with van der Waals surface area (Å²) in [6, 6.07) is 13.6. The van der Waals surface area contributed by atoms with Crippen molar-refractivity contribution in [1.82, 2.24) is 4.98 Å². The Labute approximate surface area is 168 Å². The number of thiazole rings is 1. The van der Waals surface area contributed by atoms with E-state index < -0.39 is 0 Å².